The van der Waals surface area contributed by atoms with Crippen LogP contribution in [-0.4, -0.2) is 18.9 Å². The van der Waals surface area contributed by atoms with Crippen molar-refractivity contribution in [1.29, 1.82) is 0 Å². The van der Waals surface area contributed by atoms with Gasteiger partial charge in [-0.05, 0) is 43.9 Å². The Morgan fingerprint density at radius 3 is 2.19 bits per heavy atom. The largest absolute Gasteiger partial charge is 0.359 e. The van der Waals surface area contributed by atoms with Gasteiger partial charge >= 0.3 is 0 Å². The average Bonchev–Trinajstić information content (AvgIpc) is 2.43. The van der Waals surface area contributed by atoms with E-state index >= 15 is 0 Å². The molecule has 0 fully saturated rings. The number of aryl methyl sites for hydroxylation is 2. The first-order chi connectivity index (χ1) is 9.85. The van der Waals surface area contributed by atoms with Gasteiger partial charge in [0, 0.05) is 19.9 Å². The number of halogens is 1. The minimum atomic E-state index is -0.206. The van der Waals surface area contributed by atoms with E-state index in [-0.39, 0.29) is 23.7 Å². The fourth-order valence-corrected chi connectivity index (χ4v) is 2.16. The van der Waals surface area contributed by atoms with Crippen molar-refractivity contribution in [1.82, 2.24) is 10.6 Å². The van der Waals surface area contributed by atoms with Gasteiger partial charge in [0.2, 0.25) is 11.8 Å². The maximum Gasteiger partial charge on any atom is 0.220 e. The van der Waals surface area contributed by atoms with Crippen LogP contribution in [0.15, 0.2) is 12.1 Å². The van der Waals surface area contributed by atoms with Crippen molar-refractivity contribution in [2.75, 3.05) is 7.05 Å². The molecular weight excluding hydrogens is 271 g/mol. The second kappa shape index (κ2) is 7.76. The van der Waals surface area contributed by atoms with Crippen LogP contribution in [0.25, 0.3) is 0 Å². The molecule has 0 saturated carbocycles. The highest BCUT2D eigenvalue weighted by Gasteiger charge is 2.13. The number of carbonyl (C=O) groups excluding carboxylic acids is 2. The Morgan fingerprint density at radius 2 is 1.67 bits per heavy atom. The average molecular weight is 294 g/mol. The molecule has 0 heterocycles. The van der Waals surface area contributed by atoms with Crippen LogP contribution in [0.5, 0.6) is 0 Å². The van der Waals surface area contributed by atoms with Crippen LogP contribution in [0.3, 0.4) is 0 Å². The number of amides is 2. The summed E-state index contributed by atoms with van der Waals surface area (Å²) in [4.78, 5) is 22.9. The van der Waals surface area contributed by atoms with Gasteiger partial charge in [-0.1, -0.05) is 12.1 Å². The molecule has 0 aromatic heterocycles. The van der Waals surface area contributed by atoms with Gasteiger partial charge in [0.15, 0.2) is 0 Å². The SMILES string of the molecule is CNC(=O)CCCC(=O)N[C@@H](C)c1cc(C)c(F)c(C)c1. The van der Waals surface area contributed by atoms with E-state index in [2.05, 4.69) is 10.6 Å². The van der Waals surface area contributed by atoms with Crippen LogP contribution < -0.4 is 10.6 Å². The third-order valence-electron chi connectivity index (χ3n) is 3.42. The Morgan fingerprint density at radius 1 is 1.14 bits per heavy atom. The van der Waals surface area contributed by atoms with Gasteiger partial charge in [0.1, 0.15) is 5.82 Å². The monoisotopic (exact) mass is 294 g/mol. The first kappa shape index (κ1) is 17.1. The Labute approximate surface area is 125 Å². The molecule has 0 spiro atoms. The van der Waals surface area contributed by atoms with Crippen molar-refractivity contribution in [2.24, 2.45) is 0 Å². The standard InChI is InChI=1S/C16H23FN2O2/c1-10-8-13(9-11(2)16(10)17)12(3)19-15(21)7-5-6-14(20)18-4/h8-9,12H,5-7H2,1-4H3,(H,18,20)(H,19,21)/t12-/m0/s1. The molecule has 1 aromatic carbocycles. The summed E-state index contributed by atoms with van der Waals surface area (Å²) in [6, 6.07) is 3.31. The van der Waals surface area contributed by atoms with Gasteiger partial charge in [0.25, 0.3) is 0 Å². The molecule has 1 atom stereocenters. The minimum Gasteiger partial charge on any atom is -0.359 e. The maximum atomic E-state index is 13.6. The third kappa shape index (κ3) is 5.17. The van der Waals surface area contributed by atoms with Crippen LogP contribution in [-0.2, 0) is 9.59 Å². The fourth-order valence-electron chi connectivity index (χ4n) is 2.16. The predicted molar refractivity (Wildman–Crippen MR) is 80.3 cm³/mol. The molecule has 0 radical (unpaired) electrons. The maximum absolute atomic E-state index is 13.6. The van der Waals surface area contributed by atoms with Crippen molar-refractivity contribution in [3.63, 3.8) is 0 Å². The molecule has 0 bridgehead atoms. The molecule has 0 unspecified atom stereocenters. The van der Waals surface area contributed by atoms with Gasteiger partial charge in [-0.2, -0.15) is 0 Å². The van der Waals surface area contributed by atoms with E-state index in [9.17, 15) is 14.0 Å². The molecule has 0 aliphatic carbocycles. The summed E-state index contributed by atoms with van der Waals surface area (Å²) in [6.45, 7) is 5.29. The fraction of sp³-hybridized carbons (Fsp3) is 0.500. The highest BCUT2D eigenvalue weighted by atomic mass is 19.1. The number of carbonyl (C=O) groups is 2. The zero-order valence-corrected chi connectivity index (χ0v) is 13.0. The quantitative estimate of drug-likeness (QED) is 0.847. The predicted octanol–water partition coefficient (Wildman–Crippen LogP) is 2.54. The molecule has 2 N–H and O–H groups in total. The molecule has 5 heteroatoms. The van der Waals surface area contributed by atoms with Crippen LogP contribution >= 0.6 is 0 Å². The second-order valence-corrected chi connectivity index (χ2v) is 5.28. The van der Waals surface area contributed by atoms with E-state index in [1.54, 1.807) is 33.0 Å². The Hall–Kier alpha value is -1.91. The molecular formula is C16H23FN2O2. The highest BCUT2D eigenvalue weighted by Crippen LogP contribution is 2.20. The summed E-state index contributed by atoms with van der Waals surface area (Å²) in [5.74, 6) is -0.380. The topological polar surface area (TPSA) is 58.2 Å². The first-order valence-electron chi connectivity index (χ1n) is 7.11. The summed E-state index contributed by atoms with van der Waals surface area (Å²) in [5.41, 5.74) is 2.03. The van der Waals surface area contributed by atoms with Gasteiger partial charge < -0.3 is 10.6 Å². The van der Waals surface area contributed by atoms with E-state index < -0.39 is 0 Å². The lowest BCUT2D eigenvalue weighted by molar-refractivity contribution is -0.122. The molecule has 116 valence electrons. The van der Waals surface area contributed by atoms with E-state index in [0.717, 1.165) is 5.56 Å². The number of hydrogen-bond donors (Lipinski definition) is 2. The smallest absolute Gasteiger partial charge is 0.220 e. The van der Waals surface area contributed by atoms with Gasteiger partial charge in [0.05, 0.1) is 6.04 Å². The zero-order chi connectivity index (χ0) is 16.0. The third-order valence-corrected chi connectivity index (χ3v) is 3.42. The molecule has 21 heavy (non-hydrogen) atoms. The van der Waals surface area contributed by atoms with Gasteiger partial charge in [-0.25, -0.2) is 4.39 Å². The summed E-state index contributed by atoms with van der Waals surface area (Å²) in [6.07, 6.45) is 1.16. The Kier molecular flexibility index (Phi) is 6.34. The van der Waals surface area contributed by atoms with E-state index in [0.29, 0.717) is 30.4 Å². The van der Waals surface area contributed by atoms with Crippen molar-refractivity contribution >= 4 is 11.8 Å². The number of rotatable bonds is 6. The molecule has 1 aromatic rings. The lowest BCUT2D eigenvalue weighted by atomic mass is 10.0. The summed E-state index contributed by atoms with van der Waals surface area (Å²) in [5, 5.41) is 5.39. The second-order valence-electron chi connectivity index (χ2n) is 5.28. The number of benzene rings is 1. The minimum absolute atomic E-state index is 0.0689. The van der Waals surface area contributed by atoms with Crippen LogP contribution in [0.1, 0.15) is 48.9 Å². The molecule has 0 aliphatic heterocycles. The van der Waals surface area contributed by atoms with Crippen LogP contribution in [0.2, 0.25) is 0 Å². The van der Waals surface area contributed by atoms with Crippen molar-refractivity contribution in [2.45, 2.75) is 46.1 Å². The van der Waals surface area contributed by atoms with E-state index in [1.807, 2.05) is 6.92 Å². The molecule has 0 saturated heterocycles. The lowest BCUT2D eigenvalue weighted by Gasteiger charge is -2.16. The summed E-state index contributed by atoms with van der Waals surface area (Å²) < 4.78 is 13.6. The van der Waals surface area contributed by atoms with Crippen molar-refractivity contribution in [3.05, 3.63) is 34.6 Å². The van der Waals surface area contributed by atoms with E-state index in [1.165, 1.54) is 0 Å². The molecule has 4 nitrogen and oxygen atoms in total. The molecule has 1 rings (SSSR count). The molecule has 0 aliphatic rings. The van der Waals surface area contributed by atoms with Gasteiger partial charge in [-0.3, -0.25) is 9.59 Å². The van der Waals surface area contributed by atoms with Crippen molar-refractivity contribution < 1.29 is 14.0 Å². The van der Waals surface area contributed by atoms with Crippen LogP contribution in [0, 0.1) is 19.7 Å². The summed E-state index contributed by atoms with van der Waals surface area (Å²) >= 11 is 0. The highest BCUT2D eigenvalue weighted by molar-refractivity contribution is 5.78. The number of hydrogen-bond acceptors (Lipinski definition) is 2. The normalized spacial score (nSPS) is 11.9. The molecule has 2 amide bonds. The number of nitrogens with one attached hydrogen (secondary N) is 2. The van der Waals surface area contributed by atoms with Crippen molar-refractivity contribution in [3.8, 4) is 0 Å². The first-order valence-corrected chi connectivity index (χ1v) is 7.11. The lowest BCUT2D eigenvalue weighted by Crippen LogP contribution is -2.27. The Balaban J connectivity index is 2.55. The van der Waals surface area contributed by atoms with E-state index in [4.69, 9.17) is 0 Å². The summed E-state index contributed by atoms with van der Waals surface area (Å²) in [7, 11) is 1.57. The van der Waals surface area contributed by atoms with Gasteiger partial charge in [-0.15, -0.1) is 0 Å². The van der Waals surface area contributed by atoms with Crippen LogP contribution in [0.4, 0.5) is 4.39 Å². The Bertz CT molecular complexity index is 506. The zero-order valence-electron chi connectivity index (χ0n) is 13.0.